The van der Waals surface area contributed by atoms with Gasteiger partial charge >= 0.3 is 0 Å². The first-order chi connectivity index (χ1) is 14.2. The molecular formula is C23H30N2O4. The molecule has 1 atom stereocenters. The quantitative estimate of drug-likeness (QED) is 0.547. The van der Waals surface area contributed by atoms with Gasteiger partial charge in [-0.05, 0) is 43.5 Å². The van der Waals surface area contributed by atoms with Gasteiger partial charge in [0.15, 0.2) is 0 Å². The molecule has 1 fully saturated rings. The van der Waals surface area contributed by atoms with Crippen LogP contribution < -0.4 is 20.1 Å². The highest BCUT2D eigenvalue weighted by Gasteiger charge is 2.16. The lowest BCUT2D eigenvalue weighted by atomic mass is 10.2. The molecule has 1 aliphatic heterocycles. The number of hydrogen-bond donors (Lipinski definition) is 2. The van der Waals surface area contributed by atoms with E-state index in [1.54, 1.807) is 0 Å². The van der Waals surface area contributed by atoms with Crippen molar-refractivity contribution in [3.63, 3.8) is 0 Å². The fraction of sp³-hybridized carbons (Fsp3) is 0.435. The summed E-state index contributed by atoms with van der Waals surface area (Å²) in [6.07, 6.45) is 4.41. The zero-order chi connectivity index (χ0) is 20.3. The van der Waals surface area contributed by atoms with Crippen molar-refractivity contribution in [2.75, 3.05) is 37.0 Å². The number of anilines is 2. The summed E-state index contributed by atoms with van der Waals surface area (Å²) >= 11 is 0. The molecule has 0 radical (unpaired) electrons. The van der Waals surface area contributed by atoms with Crippen molar-refractivity contribution in [2.45, 2.75) is 38.7 Å². The lowest BCUT2D eigenvalue weighted by Gasteiger charge is -2.13. The lowest BCUT2D eigenvalue weighted by molar-refractivity contribution is -0.114. The van der Waals surface area contributed by atoms with Crippen molar-refractivity contribution in [1.29, 1.82) is 0 Å². The predicted molar refractivity (Wildman–Crippen MR) is 115 cm³/mol. The molecule has 0 aliphatic carbocycles. The molecule has 6 heteroatoms. The highest BCUT2D eigenvalue weighted by atomic mass is 16.5. The van der Waals surface area contributed by atoms with Gasteiger partial charge < -0.3 is 24.8 Å². The number of nitrogens with one attached hydrogen (secondary N) is 2. The first-order valence-corrected chi connectivity index (χ1v) is 10.3. The second-order valence-electron chi connectivity index (χ2n) is 7.11. The topological polar surface area (TPSA) is 68.8 Å². The number of amides is 1. The standard InChI is InChI=1S/C23H30N2O4/c1-2-3-12-27-20-9-4-7-18(14-20)24-16-23(26)25-19-8-5-10-21(15-19)29-17-22-11-6-13-28-22/h4-5,7-10,14-15,22,24H,2-3,6,11-13,16-17H2,1H3,(H,25,26). The number of carbonyl (C=O) groups is 1. The van der Waals surface area contributed by atoms with E-state index in [0.717, 1.165) is 49.5 Å². The van der Waals surface area contributed by atoms with Crippen LogP contribution in [0.25, 0.3) is 0 Å². The van der Waals surface area contributed by atoms with Crippen LogP contribution in [0.1, 0.15) is 32.6 Å². The zero-order valence-electron chi connectivity index (χ0n) is 17.0. The summed E-state index contributed by atoms with van der Waals surface area (Å²) in [6.45, 7) is 4.34. The largest absolute Gasteiger partial charge is 0.494 e. The molecule has 1 unspecified atom stereocenters. The highest BCUT2D eigenvalue weighted by molar-refractivity contribution is 5.93. The maximum absolute atomic E-state index is 12.3. The number of rotatable bonds is 11. The van der Waals surface area contributed by atoms with Crippen molar-refractivity contribution in [3.8, 4) is 11.5 Å². The van der Waals surface area contributed by atoms with Crippen molar-refractivity contribution in [2.24, 2.45) is 0 Å². The third-order valence-corrected chi connectivity index (χ3v) is 4.63. The van der Waals surface area contributed by atoms with Crippen LogP contribution in [-0.4, -0.2) is 38.4 Å². The molecule has 0 spiro atoms. The van der Waals surface area contributed by atoms with Crippen LogP contribution >= 0.6 is 0 Å². The Hall–Kier alpha value is -2.73. The van der Waals surface area contributed by atoms with Crippen molar-refractivity contribution < 1.29 is 19.0 Å². The van der Waals surface area contributed by atoms with Gasteiger partial charge in [0.1, 0.15) is 18.1 Å². The Bertz CT molecular complexity index is 775. The molecule has 29 heavy (non-hydrogen) atoms. The Balaban J connectivity index is 1.44. The summed E-state index contributed by atoms with van der Waals surface area (Å²) in [7, 11) is 0. The smallest absolute Gasteiger partial charge is 0.243 e. The lowest BCUT2D eigenvalue weighted by Crippen LogP contribution is -2.21. The van der Waals surface area contributed by atoms with Crippen molar-refractivity contribution >= 4 is 17.3 Å². The molecule has 2 aromatic rings. The van der Waals surface area contributed by atoms with Crippen LogP contribution in [0.3, 0.4) is 0 Å². The number of ether oxygens (including phenoxy) is 3. The average molecular weight is 399 g/mol. The third-order valence-electron chi connectivity index (χ3n) is 4.63. The summed E-state index contributed by atoms with van der Waals surface area (Å²) in [4.78, 5) is 12.3. The van der Waals surface area contributed by atoms with E-state index in [-0.39, 0.29) is 18.6 Å². The number of unbranched alkanes of at least 4 members (excludes halogenated alkanes) is 1. The zero-order valence-corrected chi connectivity index (χ0v) is 17.0. The SMILES string of the molecule is CCCCOc1cccc(NCC(=O)Nc2cccc(OCC3CCCO3)c2)c1. The van der Waals surface area contributed by atoms with Crippen molar-refractivity contribution in [1.82, 2.24) is 0 Å². The molecular weight excluding hydrogens is 368 g/mol. The van der Waals surface area contributed by atoms with E-state index in [1.807, 2.05) is 48.5 Å². The first-order valence-electron chi connectivity index (χ1n) is 10.3. The predicted octanol–water partition coefficient (Wildman–Crippen LogP) is 4.47. The van der Waals surface area contributed by atoms with E-state index in [1.165, 1.54) is 0 Å². The molecule has 2 aromatic carbocycles. The molecule has 1 saturated heterocycles. The Morgan fingerprint density at radius 1 is 1.10 bits per heavy atom. The maximum atomic E-state index is 12.3. The second-order valence-corrected chi connectivity index (χ2v) is 7.11. The average Bonchev–Trinajstić information content (AvgIpc) is 3.25. The van der Waals surface area contributed by atoms with Gasteiger partial charge in [0.05, 0.1) is 19.3 Å². The van der Waals surface area contributed by atoms with E-state index in [2.05, 4.69) is 17.6 Å². The molecule has 0 saturated carbocycles. The third kappa shape index (κ3) is 7.31. The highest BCUT2D eigenvalue weighted by Crippen LogP contribution is 2.20. The van der Waals surface area contributed by atoms with Gasteiger partial charge in [0.25, 0.3) is 0 Å². The molecule has 1 aliphatic rings. The Morgan fingerprint density at radius 2 is 1.86 bits per heavy atom. The molecule has 1 amide bonds. The van der Waals surface area contributed by atoms with E-state index in [0.29, 0.717) is 18.9 Å². The van der Waals surface area contributed by atoms with Gasteiger partial charge in [-0.25, -0.2) is 0 Å². The fourth-order valence-electron chi connectivity index (χ4n) is 3.05. The van der Waals surface area contributed by atoms with Gasteiger partial charge in [-0.3, -0.25) is 4.79 Å². The maximum Gasteiger partial charge on any atom is 0.243 e. The van der Waals surface area contributed by atoms with E-state index in [9.17, 15) is 4.79 Å². The van der Waals surface area contributed by atoms with Gasteiger partial charge in [-0.15, -0.1) is 0 Å². The van der Waals surface area contributed by atoms with Crippen molar-refractivity contribution in [3.05, 3.63) is 48.5 Å². The molecule has 0 bridgehead atoms. The monoisotopic (exact) mass is 398 g/mol. The van der Waals surface area contributed by atoms with Crippen LogP contribution in [0, 0.1) is 0 Å². The number of benzene rings is 2. The second kappa shape index (κ2) is 11.3. The van der Waals surface area contributed by atoms with E-state index >= 15 is 0 Å². The van der Waals surface area contributed by atoms with Crippen LogP contribution in [0.2, 0.25) is 0 Å². The molecule has 6 nitrogen and oxygen atoms in total. The summed E-state index contributed by atoms with van der Waals surface area (Å²) in [5.74, 6) is 1.40. The first kappa shape index (κ1) is 21.0. The molecule has 156 valence electrons. The van der Waals surface area contributed by atoms with E-state index < -0.39 is 0 Å². The minimum absolute atomic E-state index is 0.126. The van der Waals surface area contributed by atoms with E-state index in [4.69, 9.17) is 14.2 Å². The normalized spacial score (nSPS) is 15.7. The fourth-order valence-corrected chi connectivity index (χ4v) is 3.05. The summed E-state index contributed by atoms with van der Waals surface area (Å²) in [5, 5.41) is 6.03. The van der Waals surface area contributed by atoms with Gasteiger partial charge in [0, 0.05) is 30.1 Å². The minimum atomic E-state index is -0.126. The van der Waals surface area contributed by atoms with Crippen LogP contribution in [-0.2, 0) is 9.53 Å². The number of carbonyl (C=O) groups excluding carboxylic acids is 1. The van der Waals surface area contributed by atoms with Crippen LogP contribution in [0.15, 0.2) is 48.5 Å². The minimum Gasteiger partial charge on any atom is -0.494 e. The molecule has 0 aromatic heterocycles. The Labute approximate surface area is 172 Å². The molecule has 1 heterocycles. The Kier molecular flexibility index (Phi) is 8.19. The van der Waals surface area contributed by atoms with Gasteiger partial charge in [0.2, 0.25) is 5.91 Å². The summed E-state index contributed by atoms with van der Waals surface area (Å²) in [5.41, 5.74) is 1.56. The van der Waals surface area contributed by atoms with Gasteiger partial charge in [-0.2, -0.15) is 0 Å². The Morgan fingerprint density at radius 3 is 2.62 bits per heavy atom. The van der Waals surface area contributed by atoms with Crippen LogP contribution in [0.4, 0.5) is 11.4 Å². The van der Waals surface area contributed by atoms with Gasteiger partial charge in [-0.1, -0.05) is 25.5 Å². The summed E-state index contributed by atoms with van der Waals surface area (Å²) in [6, 6.07) is 15.1. The summed E-state index contributed by atoms with van der Waals surface area (Å²) < 4.78 is 17.1. The number of hydrogen-bond acceptors (Lipinski definition) is 5. The molecule has 3 rings (SSSR count). The molecule has 2 N–H and O–H groups in total. The van der Waals surface area contributed by atoms with Crippen LogP contribution in [0.5, 0.6) is 11.5 Å².